The van der Waals surface area contributed by atoms with Crippen molar-refractivity contribution in [3.63, 3.8) is 0 Å². The van der Waals surface area contributed by atoms with E-state index in [2.05, 4.69) is 108 Å². The zero-order chi connectivity index (χ0) is 24.0. The van der Waals surface area contributed by atoms with Gasteiger partial charge in [-0.25, -0.2) is 0 Å². The Hall–Kier alpha value is 0.100. The molecule has 208 valence electrons. The minimum absolute atomic E-state index is 0. The number of alkyl halides is 2. The molecule has 0 saturated carbocycles. The Morgan fingerprint density at radius 2 is 1.06 bits per heavy atom. The van der Waals surface area contributed by atoms with Crippen molar-refractivity contribution in [3.8, 4) is 0 Å². The van der Waals surface area contributed by atoms with Gasteiger partial charge in [0.2, 0.25) is 6.34 Å². The number of benzene rings is 2. The summed E-state index contributed by atoms with van der Waals surface area (Å²) in [5.41, 5.74) is 8.43. The average Bonchev–Trinajstić information content (AvgIpc) is 3.22. The van der Waals surface area contributed by atoms with Gasteiger partial charge < -0.3 is 46.7 Å². The van der Waals surface area contributed by atoms with Gasteiger partial charge in [-0.3, -0.25) is 0 Å². The standard InChI is InChI=1S/C27H38N2.CH2Cl2.Au.3ClH/c1-18(2)22-11-9-12-23(19(3)4)26(22)28-15-16-29(17-28)27-24(20(5)6)13-10-14-25(27)21(7)8;2-1-3;;;;/h9-14,18-21H,15-16H2,1-8H3;1H2;;3*1H/q;;+3;;;/p-3. The number of hydrogen-bond acceptors (Lipinski definition) is 1. The first kappa shape index (κ1) is 40.6. The van der Waals surface area contributed by atoms with Crippen LogP contribution in [0.1, 0.15) is 101 Å². The van der Waals surface area contributed by atoms with Gasteiger partial charge in [-0.1, -0.05) is 114 Å². The van der Waals surface area contributed by atoms with E-state index in [1.54, 1.807) is 0 Å². The van der Waals surface area contributed by atoms with Gasteiger partial charge in [0.25, 0.3) is 0 Å². The van der Waals surface area contributed by atoms with Crippen molar-refractivity contribution >= 4 is 40.9 Å². The molecule has 0 fully saturated rings. The van der Waals surface area contributed by atoms with E-state index in [0.29, 0.717) is 23.7 Å². The molecule has 1 heterocycles. The SMILES string of the molecule is CC(C)c1cccc(C(C)C)c1N1[C-]=[N+](c2c(C(C)C)cccc2C(C)C)CC1.ClCCl.[Au+3].[Cl-].[Cl-].[Cl-]. The predicted molar refractivity (Wildman–Crippen MR) is 143 cm³/mol. The van der Waals surface area contributed by atoms with Crippen molar-refractivity contribution in [3.05, 3.63) is 58.7 Å². The molecule has 1 aliphatic heterocycles. The van der Waals surface area contributed by atoms with Crippen LogP contribution in [0.5, 0.6) is 0 Å². The Morgan fingerprint density at radius 1 is 0.722 bits per heavy atom. The topological polar surface area (TPSA) is 6.25 Å². The summed E-state index contributed by atoms with van der Waals surface area (Å²) < 4.78 is 2.38. The monoisotopic (exact) mass is 776 g/mol. The van der Waals surface area contributed by atoms with Gasteiger partial charge in [-0.05, 0) is 23.7 Å². The second-order valence-electron chi connectivity index (χ2n) is 9.69. The van der Waals surface area contributed by atoms with E-state index >= 15 is 0 Å². The second-order valence-corrected chi connectivity index (χ2v) is 10.5. The Kier molecular flexibility index (Phi) is 21.7. The molecule has 36 heavy (non-hydrogen) atoms. The van der Waals surface area contributed by atoms with Crippen LogP contribution < -0.4 is 42.1 Å². The molecule has 3 rings (SSSR count). The van der Waals surface area contributed by atoms with E-state index in [0.717, 1.165) is 13.1 Å². The molecule has 0 atom stereocenters. The molecule has 0 saturated heterocycles. The van der Waals surface area contributed by atoms with Gasteiger partial charge >= 0.3 is 22.4 Å². The molecule has 0 unspecified atom stereocenters. The maximum Gasteiger partial charge on any atom is 3.00 e. The van der Waals surface area contributed by atoms with Gasteiger partial charge in [0, 0.05) is 11.4 Å². The first-order valence-electron chi connectivity index (χ1n) is 11.8. The van der Waals surface area contributed by atoms with Crippen molar-refractivity contribution in [2.75, 3.05) is 23.3 Å². The van der Waals surface area contributed by atoms with Crippen molar-refractivity contribution in [1.29, 1.82) is 0 Å². The van der Waals surface area contributed by atoms with Crippen LogP contribution in [-0.4, -0.2) is 29.3 Å². The van der Waals surface area contributed by atoms with E-state index < -0.39 is 0 Å². The molecule has 2 aromatic rings. The smallest absolute Gasteiger partial charge is 1.00 e. The molecule has 0 aliphatic carbocycles. The van der Waals surface area contributed by atoms with Gasteiger partial charge in [0.15, 0.2) is 0 Å². The van der Waals surface area contributed by atoms with Gasteiger partial charge in [0.1, 0.15) is 13.1 Å². The molecular weight excluding hydrogens is 739 g/mol. The predicted octanol–water partition coefficient (Wildman–Crippen LogP) is -0.319. The Morgan fingerprint density at radius 3 is 1.39 bits per heavy atom. The maximum absolute atomic E-state index is 4.76. The first-order chi connectivity index (χ1) is 15.1. The number of rotatable bonds is 6. The van der Waals surface area contributed by atoms with Crippen molar-refractivity contribution < 1.29 is 64.2 Å². The summed E-state index contributed by atoms with van der Waals surface area (Å²) in [7, 11) is 0. The summed E-state index contributed by atoms with van der Waals surface area (Å²) in [6.45, 7) is 20.3. The average molecular weight is 779 g/mol. The third kappa shape index (κ3) is 10.0. The van der Waals surface area contributed by atoms with E-state index in [9.17, 15) is 0 Å². The molecule has 0 bridgehead atoms. The van der Waals surface area contributed by atoms with Crippen LogP contribution in [0.4, 0.5) is 11.4 Å². The van der Waals surface area contributed by atoms with E-state index in [1.165, 1.54) is 33.6 Å². The second kappa shape index (κ2) is 19.2. The number of nitrogens with zero attached hydrogens (tertiary/aromatic N) is 2. The fraction of sp³-hybridized carbons (Fsp3) is 0.536. The molecule has 0 aromatic heterocycles. The fourth-order valence-electron chi connectivity index (χ4n) is 4.42. The summed E-state index contributed by atoms with van der Waals surface area (Å²) in [5.74, 6) is 1.98. The van der Waals surface area contributed by atoms with Gasteiger partial charge in [-0.15, -0.1) is 23.2 Å². The number of para-hydroxylation sites is 2. The molecule has 0 N–H and O–H groups in total. The van der Waals surface area contributed by atoms with Crippen molar-refractivity contribution in [2.24, 2.45) is 0 Å². The van der Waals surface area contributed by atoms with Crippen LogP contribution in [0.15, 0.2) is 36.4 Å². The molecule has 1 aliphatic rings. The minimum Gasteiger partial charge on any atom is -1.00 e. The Bertz CT molecular complexity index is 878. The summed E-state index contributed by atoms with van der Waals surface area (Å²) in [4.78, 5) is 2.38. The van der Waals surface area contributed by atoms with Crippen LogP contribution in [0.3, 0.4) is 0 Å². The molecule has 2 aromatic carbocycles. The quantitative estimate of drug-likeness (QED) is 0.169. The minimum atomic E-state index is 0. The van der Waals surface area contributed by atoms with Crippen LogP contribution in [0, 0.1) is 0 Å². The number of hydrogen-bond donors (Lipinski definition) is 0. The summed E-state index contributed by atoms with van der Waals surface area (Å²) in [6.07, 6.45) is 3.77. The molecule has 2 nitrogen and oxygen atoms in total. The zero-order valence-electron chi connectivity index (χ0n) is 22.5. The first-order valence-corrected chi connectivity index (χ1v) is 12.9. The number of halogens is 5. The summed E-state index contributed by atoms with van der Waals surface area (Å²) in [6, 6.07) is 13.6. The zero-order valence-corrected chi connectivity index (χ0v) is 28.4. The third-order valence-electron chi connectivity index (χ3n) is 6.01. The molecule has 0 spiro atoms. The Labute approximate surface area is 264 Å². The van der Waals surface area contributed by atoms with Crippen molar-refractivity contribution in [1.82, 2.24) is 0 Å². The van der Waals surface area contributed by atoms with E-state index in [-0.39, 0.29) is 64.9 Å². The fourth-order valence-corrected chi connectivity index (χ4v) is 4.42. The number of anilines is 1. The van der Waals surface area contributed by atoms with Gasteiger partial charge in [-0.2, -0.15) is 0 Å². The summed E-state index contributed by atoms with van der Waals surface area (Å²) in [5, 5.41) is 0.194. The Balaban J connectivity index is -0.00000148. The van der Waals surface area contributed by atoms with Gasteiger partial charge in [0.05, 0.1) is 5.34 Å². The largest absolute Gasteiger partial charge is 3.00 e. The van der Waals surface area contributed by atoms with Crippen LogP contribution in [0.25, 0.3) is 0 Å². The third-order valence-corrected chi connectivity index (χ3v) is 6.01. The summed E-state index contributed by atoms with van der Waals surface area (Å²) >= 11 is 9.53. The van der Waals surface area contributed by atoms with E-state index in [4.69, 9.17) is 23.2 Å². The van der Waals surface area contributed by atoms with Crippen LogP contribution in [0.2, 0.25) is 0 Å². The normalized spacial score (nSPS) is 12.3. The van der Waals surface area contributed by atoms with Crippen molar-refractivity contribution in [2.45, 2.75) is 79.1 Å². The van der Waals surface area contributed by atoms with E-state index in [1.807, 2.05) is 0 Å². The molecule has 0 radical (unpaired) electrons. The molecular formula is C28H40AuCl5N2. The van der Waals surface area contributed by atoms with Crippen LogP contribution in [-0.2, 0) is 22.4 Å². The van der Waals surface area contributed by atoms with Crippen LogP contribution >= 0.6 is 23.2 Å². The molecule has 8 heteroatoms. The maximum atomic E-state index is 4.76. The molecule has 0 amide bonds.